The van der Waals surface area contributed by atoms with Crippen molar-refractivity contribution in [3.8, 4) is 0 Å². The maximum Gasteiger partial charge on any atom is 0.336 e. The molecule has 0 bridgehead atoms. The van der Waals surface area contributed by atoms with Gasteiger partial charge in [-0.3, -0.25) is 0 Å². The van der Waals surface area contributed by atoms with Gasteiger partial charge >= 0.3 is 5.97 Å². The first-order chi connectivity index (χ1) is 6.56. The molecule has 1 aliphatic rings. The van der Waals surface area contributed by atoms with Gasteiger partial charge in [0, 0.05) is 0 Å². The SMILES string of the molecule is NC1(C(=O)O)C(O)=Cc2ccccc21. The van der Waals surface area contributed by atoms with E-state index >= 15 is 0 Å². The number of hydrogen-bond acceptors (Lipinski definition) is 3. The molecule has 72 valence electrons. The van der Waals surface area contributed by atoms with Gasteiger partial charge in [-0.1, -0.05) is 24.3 Å². The molecule has 1 aromatic carbocycles. The van der Waals surface area contributed by atoms with Crippen molar-refractivity contribution in [3.05, 3.63) is 41.2 Å². The lowest BCUT2D eigenvalue weighted by Crippen LogP contribution is -2.45. The molecule has 1 atom stereocenters. The second-order valence-corrected chi connectivity index (χ2v) is 3.23. The third-order valence-corrected chi connectivity index (χ3v) is 2.42. The molecule has 0 heterocycles. The molecule has 4 nitrogen and oxygen atoms in total. The molecule has 0 amide bonds. The van der Waals surface area contributed by atoms with Gasteiger partial charge in [-0.15, -0.1) is 0 Å². The quantitative estimate of drug-likeness (QED) is 0.614. The lowest BCUT2D eigenvalue weighted by Gasteiger charge is -2.20. The van der Waals surface area contributed by atoms with Crippen LogP contribution in [0.25, 0.3) is 6.08 Å². The van der Waals surface area contributed by atoms with Gasteiger partial charge in [-0.05, 0) is 17.2 Å². The zero-order chi connectivity index (χ0) is 10.3. The van der Waals surface area contributed by atoms with Crippen molar-refractivity contribution < 1.29 is 15.0 Å². The van der Waals surface area contributed by atoms with Gasteiger partial charge < -0.3 is 15.9 Å². The summed E-state index contributed by atoms with van der Waals surface area (Å²) < 4.78 is 0. The summed E-state index contributed by atoms with van der Waals surface area (Å²) in [6.45, 7) is 0. The van der Waals surface area contributed by atoms with Crippen LogP contribution < -0.4 is 5.73 Å². The number of benzene rings is 1. The number of hydrogen-bond donors (Lipinski definition) is 3. The predicted molar refractivity (Wildman–Crippen MR) is 50.5 cm³/mol. The van der Waals surface area contributed by atoms with E-state index in [-0.39, 0.29) is 5.76 Å². The van der Waals surface area contributed by atoms with Gasteiger partial charge in [0.05, 0.1) is 0 Å². The van der Waals surface area contributed by atoms with E-state index in [4.69, 9.17) is 10.8 Å². The maximum atomic E-state index is 11.0. The highest BCUT2D eigenvalue weighted by atomic mass is 16.4. The summed E-state index contributed by atoms with van der Waals surface area (Å²) in [6.07, 6.45) is 1.38. The molecular formula is C10H9NO3. The van der Waals surface area contributed by atoms with Crippen molar-refractivity contribution in [2.75, 3.05) is 0 Å². The first-order valence-corrected chi connectivity index (χ1v) is 4.09. The number of nitrogens with two attached hydrogens (primary N) is 1. The average Bonchev–Trinajstić information content (AvgIpc) is 2.41. The fourth-order valence-electron chi connectivity index (χ4n) is 1.61. The molecule has 0 aliphatic heterocycles. The number of aliphatic carboxylic acids is 1. The van der Waals surface area contributed by atoms with E-state index in [0.29, 0.717) is 11.1 Å². The number of carboxylic acids is 1. The summed E-state index contributed by atoms with van der Waals surface area (Å²) in [5.74, 6) is -1.58. The molecule has 2 rings (SSSR count). The van der Waals surface area contributed by atoms with E-state index in [9.17, 15) is 9.90 Å². The first kappa shape index (κ1) is 8.77. The van der Waals surface area contributed by atoms with Crippen LogP contribution in [-0.2, 0) is 10.3 Å². The Balaban J connectivity index is 2.68. The third-order valence-electron chi connectivity index (χ3n) is 2.42. The van der Waals surface area contributed by atoms with Crippen LogP contribution in [0.4, 0.5) is 0 Å². The highest BCUT2D eigenvalue weighted by Crippen LogP contribution is 2.36. The number of carboxylic acid groups (broad SMARTS) is 1. The molecule has 0 fully saturated rings. The first-order valence-electron chi connectivity index (χ1n) is 4.09. The van der Waals surface area contributed by atoms with E-state index in [1.165, 1.54) is 6.08 Å². The molecule has 0 spiro atoms. The highest BCUT2D eigenvalue weighted by Gasteiger charge is 2.45. The van der Waals surface area contributed by atoms with E-state index in [1.807, 2.05) is 0 Å². The van der Waals surface area contributed by atoms with E-state index in [0.717, 1.165) is 0 Å². The number of aliphatic hydroxyl groups is 1. The zero-order valence-corrected chi connectivity index (χ0v) is 7.27. The Morgan fingerprint density at radius 3 is 2.64 bits per heavy atom. The molecule has 0 radical (unpaired) electrons. The maximum absolute atomic E-state index is 11.0. The zero-order valence-electron chi connectivity index (χ0n) is 7.27. The van der Waals surface area contributed by atoms with Crippen LogP contribution in [0.5, 0.6) is 0 Å². The fourth-order valence-corrected chi connectivity index (χ4v) is 1.61. The van der Waals surface area contributed by atoms with Gasteiger partial charge in [0.2, 0.25) is 0 Å². The highest BCUT2D eigenvalue weighted by molar-refractivity contribution is 5.90. The van der Waals surface area contributed by atoms with Gasteiger partial charge in [0.15, 0.2) is 5.54 Å². The molecule has 0 aromatic heterocycles. The standard InChI is InChI=1S/C10H9NO3/c11-10(9(13)14)7-4-2-1-3-6(7)5-8(10)12/h1-5,12H,11H2,(H,13,14). The Bertz CT molecular complexity index is 439. The van der Waals surface area contributed by atoms with Crippen LogP contribution in [0.1, 0.15) is 11.1 Å². The Hall–Kier alpha value is -1.81. The monoisotopic (exact) mass is 191 g/mol. The van der Waals surface area contributed by atoms with Crippen LogP contribution in [0.2, 0.25) is 0 Å². The van der Waals surface area contributed by atoms with Crippen LogP contribution in [0.3, 0.4) is 0 Å². The van der Waals surface area contributed by atoms with Crippen molar-refractivity contribution >= 4 is 12.0 Å². The van der Waals surface area contributed by atoms with Crippen molar-refractivity contribution in [2.45, 2.75) is 5.54 Å². The predicted octanol–water partition coefficient (Wildman–Crippen LogP) is 0.838. The van der Waals surface area contributed by atoms with Gasteiger partial charge in [0.1, 0.15) is 5.76 Å². The molecule has 0 saturated heterocycles. The van der Waals surface area contributed by atoms with Crippen LogP contribution in [0.15, 0.2) is 30.0 Å². The third kappa shape index (κ3) is 0.885. The molecule has 0 saturated carbocycles. The molecule has 1 aromatic rings. The summed E-state index contributed by atoms with van der Waals surface area (Å²) in [4.78, 5) is 11.0. The summed E-state index contributed by atoms with van der Waals surface area (Å²) >= 11 is 0. The minimum Gasteiger partial charge on any atom is -0.509 e. The van der Waals surface area contributed by atoms with Crippen molar-refractivity contribution in [3.63, 3.8) is 0 Å². The Morgan fingerprint density at radius 2 is 2.00 bits per heavy atom. The molecule has 1 unspecified atom stereocenters. The summed E-state index contributed by atoms with van der Waals surface area (Å²) in [7, 11) is 0. The molecule has 1 aliphatic carbocycles. The smallest absolute Gasteiger partial charge is 0.336 e. The molecule has 4 heteroatoms. The summed E-state index contributed by atoms with van der Waals surface area (Å²) in [5, 5.41) is 18.5. The van der Waals surface area contributed by atoms with Crippen molar-refractivity contribution in [1.29, 1.82) is 0 Å². The van der Waals surface area contributed by atoms with Gasteiger partial charge in [-0.25, -0.2) is 4.79 Å². The molecular weight excluding hydrogens is 182 g/mol. The number of rotatable bonds is 1. The Kier molecular flexibility index (Phi) is 1.62. The van der Waals surface area contributed by atoms with Crippen molar-refractivity contribution in [1.82, 2.24) is 0 Å². The Morgan fingerprint density at radius 1 is 1.36 bits per heavy atom. The van der Waals surface area contributed by atoms with Crippen LogP contribution in [0, 0.1) is 0 Å². The molecule has 14 heavy (non-hydrogen) atoms. The van der Waals surface area contributed by atoms with Crippen LogP contribution >= 0.6 is 0 Å². The van der Waals surface area contributed by atoms with E-state index in [2.05, 4.69) is 0 Å². The lowest BCUT2D eigenvalue weighted by molar-refractivity contribution is -0.143. The number of aliphatic hydroxyl groups excluding tert-OH is 1. The largest absolute Gasteiger partial charge is 0.509 e. The minimum atomic E-state index is -1.78. The second kappa shape index (κ2) is 2.59. The second-order valence-electron chi connectivity index (χ2n) is 3.23. The van der Waals surface area contributed by atoms with Gasteiger partial charge in [0.25, 0.3) is 0 Å². The Labute approximate surface area is 80.3 Å². The van der Waals surface area contributed by atoms with E-state index < -0.39 is 11.5 Å². The lowest BCUT2D eigenvalue weighted by atomic mass is 9.92. The van der Waals surface area contributed by atoms with Crippen LogP contribution in [-0.4, -0.2) is 16.2 Å². The van der Waals surface area contributed by atoms with Crippen molar-refractivity contribution in [2.24, 2.45) is 5.73 Å². The average molecular weight is 191 g/mol. The molecule has 4 N–H and O–H groups in total. The summed E-state index contributed by atoms with van der Waals surface area (Å²) in [5.41, 5.74) is 4.93. The topological polar surface area (TPSA) is 83.6 Å². The summed E-state index contributed by atoms with van der Waals surface area (Å²) in [6, 6.07) is 6.76. The number of fused-ring (bicyclic) bond motifs is 1. The number of carbonyl (C=O) groups is 1. The normalized spacial score (nSPS) is 24.2. The van der Waals surface area contributed by atoms with E-state index in [1.54, 1.807) is 24.3 Å². The minimum absolute atomic E-state index is 0.328. The fraction of sp³-hybridized carbons (Fsp3) is 0.100. The van der Waals surface area contributed by atoms with Gasteiger partial charge in [-0.2, -0.15) is 0 Å².